The van der Waals surface area contributed by atoms with Gasteiger partial charge >= 0.3 is 5.97 Å². The fourth-order valence-electron chi connectivity index (χ4n) is 3.15. The van der Waals surface area contributed by atoms with E-state index < -0.39 is 5.97 Å². The third-order valence-electron chi connectivity index (χ3n) is 4.89. The van der Waals surface area contributed by atoms with Gasteiger partial charge in [0.05, 0.1) is 14.2 Å². The van der Waals surface area contributed by atoms with Gasteiger partial charge in [0.1, 0.15) is 36.2 Å². The van der Waals surface area contributed by atoms with Gasteiger partial charge in [-0.1, -0.05) is 11.6 Å². The smallest absolute Gasteiger partial charge is 0.363 e. The van der Waals surface area contributed by atoms with Gasteiger partial charge in [0.25, 0.3) is 0 Å². The molecule has 0 spiro atoms. The Kier molecular flexibility index (Phi) is 7.34. The summed E-state index contributed by atoms with van der Waals surface area (Å²) in [6.07, 6.45) is 1.60. The van der Waals surface area contributed by atoms with Crippen LogP contribution in [0, 0.1) is 0 Å². The number of hydrogen-bond donors (Lipinski definition) is 0. The predicted octanol–water partition coefficient (Wildman–Crippen LogP) is 5.16. The Morgan fingerprint density at radius 1 is 0.853 bits per heavy atom. The van der Waals surface area contributed by atoms with E-state index in [0.29, 0.717) is 40.0 Å². The molecule has 3 aromatic rings. The molecule has 0 saturated heterocycles. The molecule has 0 bridgehead atoms. The van der Waals surface area contributed by atoms with Crippen molar-refractivity contribution in [2.45, 2.75) is 0 Å². The summed E-state index contributed by atoms with van der Waals surface area (Å²) >= 11 is 5.93. The van der Waals surface area contributed by atoms with Crippen LogP contribution in [0.1, 0.15) is 11.1 Å². The Hall–Kier alpha value is -3.97. The predicted molar refractivity (Wildman–Crippen MR) is 129 cm³/mol. The van der Waals surface area contributed by atoms with Crippen LogP contribution < -0.4 is 18.9 Å². The van der Waals surface area contributed by atoms with Gasteiger partial charge in [-0.25, -0.2) is 9.79 Å². The molecular weight excluding hydrogens is 458 g/mol. The number of methoxy groups -OCH3 is 2. The van der Waals surface area contributed by atoms with E-state index in [1.807, 2.05) is 24.3 Å². The molecule has 34 heavy (non-hydrogen) atoms. The third-order valence-corrected chi connectivity index (χ3v) is 5.14. The molecule has 0 unspecified atom stereocenters. The molecule has 3 aromatic carbocycles. The van der Waals surface area contributed by atoms with Crippen LogP contribution in [0.3, 0.4) is 0 Å². The lowest BCUT2D eigenvalue weighted by Crippen LogP contribution is -2.09. The third kappa shape index (κ3) is 5.68. The molecule has 0 amide bonds. The SMILES string of the molecule is COc1ccc(OCCOc2ccc(OC)cc2C=C2N=C(c3ccc(Cl)cc3)OC2=O)cc1. The number of rotatable bonds is 9. The average molecular weight is 480 g/mol. The Morgan fingerprint density at radius 2 is 1.50 bits per heavy atom. The highest BCUT2D eigenvalue weighted by Crippen LogP contribution is 2.29. The second-order valence-electron chi connectivity index (χ2n) is 7.12. The van der Waals surface area contributed by atoms with Crippen LogP contribution in [0.2, 0.25) is 5.02 Å². The lowest BCUT2D eigenvalue weighted by Gasteiger charge is -2.12. The number of benzene rings is 3. The lowest BCUT2D eigenvalue weighted by molar-refractivity contribution is -0.129. The number of carbonyl (C=O) groups is 1. The quantitative estimate of drug-likeness (QED) is 0.240. The summed E-state index contributed by atoms with van der Waals surface area (Å²) in [7, 11) is 3.18. The van der Waals surface area contributed by atoms with Gasteiger partial charge in [-0.15, -0.1) is 0 Å². The van der Waals surface area contributed by atoms with Crippen LogP contribution in [0.4, 0.5) is 0 Å². The van der Waals surface area contributed by atoms with Gasteiger partial charge in [-0.3, -0.25) is 0 Å². The van der Waals surface area contributed by atoms with Crippen molar-refractivity contribution >= 4 is 29.5 Å². The second-order valence-corrected chi connectivity index (χ2v) is 7.56. The van der Waals surface area contributed by atoms with Gasteiger partial charge < -0.3 is 23.7 Å². The largest absolute Gasteiger partial charge is 0.497 e. The monoisotopic (exact) mass is 479 g/mol. The number of carbonyl (C=O) groups excluding carboxylic acids is 1. The first kappa shape index (κ1) is 23.2. The molecule has 0 fully saturated rings. The van der Waals surface area contributed by atoms with E-state index in [9.17, 15) is 4.79 Å². The summed E-state index contributed by atoms with van der Waals surface area (Å²) in [6.45, 7) is 0.619. The van der Waals surface area contributed by atoms with Crippen molar-refractivity contribution in [3.8, 4) is 23.0 Å². The molecule has 7 nitrogen and oxygen atoms in total. The normalized spacial score (nSPS) is 13.9. The molecule has 1 aliphatic heterocycles. The van der Waals surface area contributed by atoms with Gasteiger partial charge in [0.2, 0.25) is 5.90 Å². The number of ether oxygens (including phenoxy) is 5. The number of nitrogens with zero attached hydrogens (tertiary/aromatic N) is 1. The van der Waals surface area contributed by atoms with E-state index in [1.165, 1.54) is 0 Å². The van der Waals surface area contributed by atoms with E-state index >= 15 is 0 Å². The molecule has 8 heteroatoms. The molecule has 0 saturated carbocycles. The summed E-state index contributed by atoms with van der Waals surface area (Å²) < 4.78 is 27.4. The first-order valence-electron chi connectivity index (χ1n) is 10.4. The fraction of sp³-hybridized carbons (Fsp3) is 0.154. The van der Waals surface area contributed by atoms with Crippen molar-refractivity contribution in [2.75, 3.05) is 27.4 Å². The van der Waals surface area contributed by atoms with E-state index in [-0.39, 0.29) is 18.2 Å². The first-order chi connectivity index (χ1) is 16.6. The highest BCUT2D eigenvalue weighted by atomic mass is 35.5. The summed E-state index contributed by atoms with van der Waals surface area (Å²) in [5.74, 6) is 2.29. The maximum Gasteiger partial charge on any atom is 0.363 e. The fourth-order valence-corrected chi connectivity index (χ4v) is 3.28. The number of halogens is 1. The van der Waals surface area contributed by atoms with Crippen molar-refractivity contribution in [3.05, 3.63) is 88.6 Å². The summed E-state index contributed by atoms with van der Waals surface area (Å²) in [5.41, 5.74) is 1.42. The maximum absolute atomic E-state index is 12.4. The second kappa shape index (κ2) is 10.8. The van der Waals surface area contributed by atoms with Crippen molar-refractivity contribution < 1.29 is 28.5 Å². The van der Waals surface area contributed by atoms with E-state index in [2.05, 4.69) is 4.99 Å². The molecule has 0 radical (unpaired) electrons. The molecule has 4 rings (SSSR count). The van der Waals surface area contributed by atoms with Gasteiger partial charge in [-0.05, 0) is 72.8 Å². The summed E-state index contributed by atoms with van der Waals surface area (Å²) in [4.78, 5) is 16.8. The Morgan fingerprint density at radius 3 is 2.21 bits per heavy atom. The minimum atomic E-state index is -0.554. The van der Waals surface area contributed by atoms with Crippen molar-refractivity contribution in [2.24, 2.45) is 4.99 Å². The zero-order chi connectivity index (χ0) is 23.9. The van der Waals surface area contributed by atoms with Gasteiger partial charge in [-0.2, -0.15) is 0 Å². The number of cyclic esters (lactones) is 1. The molecular formula is C26H22ClNO6. The minimum Gasteiger partial charge on any atom is -0.497 e. The van der Waals surface area contributed by atoms with E-state index in [1.54, 1.807) is 62.8 Å². The minimum absolute atomic E-state index is 0.150. The van der Waals surface area contributed by atoms with Crippen molar-refractivity contribution in [1.29, 1.82) is 0 Å². The summed E-state index contributed by atoms with van der Waals surface area (Å²) in [6, 6.07) is 19.5. The Balaban J connectivity index is 1.48. The van der Waals surface area contributed by atoms with Crippen LogP contribution >= 0.6 is 11.6 Å². The zero-order valence-corrected chi connectivity index (χ0v) is 19.4. The number of aliphatic imine (C=N–C) groups is 1. The van der Waals surface area contributed by atoms with Crippen LogP contribution in [-0.4, -0.2) is 39.3 Å². The van der Waals surface area contributed by atoms with E-state index in [4.69, 9.17) is 35.3 Å². The lowest BCUT2D eigenvalue weighted by atomic mass is 10.1. The van der Waals surface area contributed by atoms with Crippen LogP contribution in [0.5, 0.6) is 23.0 Å². The molecule has 174 valence electrons. The molecule has 0 aromatic heterocycles. The maximum atomic E-state index is 12.4. The first-order valence-corrected chi connectivity index (χ1v) is 10.8. The van der Waals surface area contributed by atoms with Crippen LogP contribution in [0.15, 0.2) is 77.4 Å². The molecule has 1 aliphatic rings. The molecule has 1 heterocycles. The molecule has 0 aliphatic carbocycles. The topological polar surface area (TPSA) is 75.6 Å². The molecule has 0 N–H and O–H groups in total. The van der Waals surface area contributed by atoms with Crippen LogP contribution in [-0.2, 0) is 9.53 Å². The Bertz CT molecular complexity index is 1220. The van der Waals surface area contributed by atoms with Gasteiger partial charge in [0.15, 0.2) is 5.70 Å². The number of esters is 1. The number of hydrogen-bond acceptors (Lipinski definition) is 7. The summed E-state index contributed by atoms with van der Waals surface area (Å²) in [5, 5.41) is 0.582. The highest BCUT2D eigenvalue weighted by Gasteiger charge is 2.24. The highest BCUT2D eigenvalue weighted by molar-refractivity contribution is 6.30. The van der Waals surface area contributed by atoms with Gasteiger partial charge in [0, 0.05) is 16.1 Å². The van der Waals surface area contributed by atoms with Crippen molar-refractivity contribution in [1.82, 2.24) is 0 Å². The van der Waals surface area contributed by atoms with Crippen molar-refractivity contribution in [3.63, 3.8) is 0 Å². The average Bonchev–Trinajstić information content (AvgIpc) is 3.23. The zero-order valence-electron chi connectivity index (χ0n) is 18.6. The Labute approximate surface area is 202 Å². The molecule has 0 atom stereocenters. The standard InChI is InChI=1S/C26H22ClNO6/c1-30-20-7-9-21(10-8-20)32-13-14-33-24-12-11-22(31-2)15-18(24)16-23-26(29)34-25(28-23)17-3-5-19(27)6-4-17/h3-12,15-16H,13-14H2,1-2H3. The van der Waals surface area contributed by atoms with E-state index in [0.717, 1.165) is 5.75 Å². The van der Waals surface area contributed by atoms with Crippen LogP contribution in [0.25, 0.3) is 6.08 Å².